The summed E-state index contributed by atoms with van der Waals surface area (Å²) in [6, 6.07) is 0. The van der Waals surface area contributed by atoms with Gasteiger partial charge in [0.2, 0.25) is 6.29 Å². The van der Waals surface area contributed by atoms with Gasteiger partial charge in [0.05, 0.1) is 13.2 Å². The van der Waals surface area contributed by atoms with E-state index in [0.717, 1.165) is 0 Å². The number of nitrogens with zero attached hydrogens (tertiary/aromatic N) is 1. The average molecular weight is 234 g/mol. The molecule has 0 bridgehead atoms. The van der Waals surface area contributed by atoms with E-state index in [1.165, 1.54) is 7.11 Å². The van der Waals surface area contributed by atoms with Crippen LogP contribution in [0.5, 0.6) is 0 Å². The van der Waals surface area contributed by atoms with Crippen molar-refractivity contribution in [2.75, 3.05) is 33.4 Å². The Morgan fingerprint density at radius 1 is 1.47 bits per heavy atom. The number of carbonyl (C=O) groups excluding carboxylic acids is 1. The molecule has 0 N–H and O–H groups in total. The molecule has 2 rings (SSSR count). The largest absolute Gasteiger partial charge is 0.425 e. The smallest absolute Gasteiger partial charge is 0.354 e. The lowest BCUT2D eigenvalue weighted by atomic mass is 10.3. The summed E-state index contributed by atoms with van der Waals surface area (Å²) in [7, 11) is 1.48. The summed E-state index contributed by atoms with van der Waals surface area (Å²) in [5, 5.41) is 0.115. The van der Waals surface area contributed by atoms with Crippen LogP contribution in [0.1, 0.15) is 0 Å². The molecular formula is C9H12ClNO4. The van der Waals surface area contributed by atoms with E-state index in [9.17, 15) is 4.79 Å². The van der Waals surface area contributed by atoms with Crippen molar-refractivity contribution in [3.63, 3.8) is 0 Å². The zero-order valence-corrected chi connectivity index (χ0v) is 9.12. The highest BCUT2D eigenvalue weighted by Gasteiger charge is 2.37. The molecule has 0 aromatic carbocycles. The lowest BCUT2D eigenvalue weighted by Crippen LogP contribution is -2.39. The number of rotatable bonds is 2. The zero-order valence-electron chi connectivity index (χ0n) is 8.36. The molecule has 0 aromatic rings. The van der Waals surface area contributed by atoms with Gasteiger partial charge in [0, 0.05) is 20.2 Å². The Hall–Kier alpha value is -0.780. The van der Waals surface area contributed by atoms with E-state index in [0.29, 0.717) is 32.0 Å². The van der Waals surface area contributed by atoms with Gasteiger partial charge in [0.15, 0.2) is 5.03 Å². The molecule has 2 heterocycles. The van der Waals surface area contributed by atoms with Crippen LogP contribution in [0, 0.1) is 0 Å². The molecular weight excluding hydrogens is 222 g/mol. The highest BCUT2D eigenvalue weighted by atomic mass is 35.5. The van der Waals surface area contributed by atoms with Crippen molar-refractivity contribution >= 4 is 17.6 Å². The average Bonchev–Trinajstić information content (AvgIpc) is 2.56. The number of cyclic esters (lactones) is 1. The van der Waals surface area contributed by atoms with Crippen molar-refractivity contribution in [3.8, 4) is 0 Å². The van der Waals surface area contributed by atoms with Crippen molar-refractivity contribution in [1.29, 1.82) is 0 Å². The first-order chi connectivity index (χ1) is 7.24. The van der Waals surface area contributed by atoms with Crippen LogP contribution < -0.4 is 0 Å². The predicted molar refractivity (Wildman–Crippen MR) is 52.2 cm³/mol. The van der Waals surface area contributed by atoms with Crippen LogP contribution >= 0.6 is 11.6 Å². The molecule has 0 aliphatic carbocycles. The lowest BCUT2D eigenvalue weighted by Gasteiger charge is -2.31. The second kappa shape index (κ2) is 4.38. The summed E-state index contributed by atoms with van der Waals surface area (Å²) < 4.78 is 15.2. The fraction of sp³-hybridized carbons (Fsp3) is 0.667. The molecule has 6 heteroatoms. The molecule has 2 aliphatic rings. The lowest BCUT2D eigenvalue weighted by molar-refractivity contribution is -0.157. The van der Waals surface area contributed by atoms with Gasteiger partial charge < -0.3 is 19.1 Å². The first-order valence-electron chi connectivity index (χ1n) is 4.70. The molecule has 0 saturated carbocycles. The van der Waals surface area contributed by atoms with Gasteiger partial charge in [-0.05, 0) is 0 Å². The predicted octanol–water partition coefficient (Wildman–Crippen LogP) is 0.298. The number of methoxy groups -OCH3 is 1. The first kappa shape index (κ1) is 10.7. The van der Waals surface area contributed by atoms with E-state index in [2.05, 4.69) is 0 Å². The number of halogens is 1. The molecule has 1 saturated heterocycles. The summed E-state index contributed by atoms with van der Waals surface area (Å²) in [4.78, 5) is 13.2. The molecule has 0 aromatic heterocycles. The van der Waals surface area contributed by atoms with Crippen molar-refractivity contribution in [1.82, 2.24) is 4.90 Å². The topological polar surface area (TPSA) is 48.0 Å². The van der Waals surface area contributed by atoms with Crippen molar-refractivity contribution < 1.29 is 19.0 Å². The molecule has 1 fully saturated rings. The molecule has 2 aliphatic heterocycles. The molecule has 84 valence electrons. The van der Waals surface area contributed by atoms with Gasteiger partial charge in [-0.3, -0.25) is 0 Å². The summed E-state index contributed by atoms with van der Waals surface area (Å²) in [5.41, 5.74) is 0.618. The van der Waals surface area contributed by atoms with E-state index in [-0.39, 0.29) is 5.03 Å². The maximum atomic E-state index is 11.2. The summed E-state index contributed by atoms with van der Waals surface area (Å²) in [6.45, 7) is 2.64. The third-order valence-electron chi connectivity index (χ3n) is 2.41. The van der Waals surface area contributed by atoms with Crippen LogP contribution in [0.3, 0.4) is 0 Å². The minimum atomic E-state index is -0.678. The van der Waals surface area contributed by atoms with Crippen molar-refractivity contribution in [3.05, 3.63) is 10.7 Å². The van der Waals surface area contributed by atoms with Gasteiger partial charge in [-0.15, -0.1) is 0 Å². The Morgan fingerprint density at radius 3 is 2.73 bits per heavy atom. The van der Waals surface area contributed by atoms with Crippen molar-refractivity contribution in [2.45, 2.75) is 6.29 Å². The molecule has 1 atom stereocenters. The molecule has 15 heavy (non-hydrogen) atoms. The number of carbonyl (C=O) groups is 1. The molecule has 0 unspecified atom stereocenters. The molecule has 0 amide bonds. The van der Waals surface area contributed by atoms with Crippen LogP contribution in [0.15, 0.2) is 10.7 Å². The van der Waals surface area contributed by atoms with Gasteiger partial charge in [-0.2, -0.15) is 0 Å². The van der Waals surface area contributed by atoms with E-state index in [1.807, 2.05) is 4.90 Å². The normalized spacial score (nSPS) is 27.2. The highest BCUT2D eigenvalue weighted by Crippen LogP contribution is 2.29. The van der Waals surface area contributed by atoms with E-state index in [4.69, 9.17) is 25.8 Å². The second-order valence-corrected chi connectivity index (χ2v) is 3.65. The monoisotopic (exact) mass is 233 g/mol. The van der Waals surface area contributed by atoms with Gasteiger partial charge in [-0.25, -0.2) is 4.79 Å². The Balaban J connectivity index is 2.19. The van der Waals surface area contributed by atoms with Gasteiger partial charge in [0.1, 0.15) is 5.70 Å². The number of ether oxygens (including phenoxy) is 3. The summed E-state index contributed by atoms with van der Waals surface area (Å²) in [5.74, 6) is -0.523. The van der Waals surface area contributed by atoms with Gasteiger partial charge in [-0.1, -0.05) is 11.6 Å². The Labute approximate surface area is 92.5 Å². The number of morpholine rings is 1. The third-order valence-corrected chi connectivity index (χ3v) is 2.76. The SMILES string of the molecule is CO[C@@H]1OC(=O)C(Cl)=C1N1CCOCC1. The van der Waals surface area contributed by atoms with E-state index in [1.54, 1.807) is 0 Å². The second-order valence-electron chi connectivity index (χ2n) is 3.27. The fourth-order valence-corrected chi connectivity index (χ4v) is 1.92. The number of hydrogen-bond acceptors (Lipinski definition) is 5. The van der Waals surface area contributed by atoms with Crippen LogP contribution in [-0.2, 0) is 19.0 Å². The van der Waals surface area contributed by atoms with Gasteiger partial charge in [0.25, 0.3) is 0 Å². The molecule has 0 spiro atoms. The van der Waals surface area contributed by atoms with Crippen LogP contribution in [-0.4, -0.2) is 50.6 Å². The third kappa shape index (κ3) is 1.95. The zero-order chi connectivity index (χ0) is 10.8. The van der Waals surface area contributed by atoms with E-state index >= 15 is 0 Å². The standard InChI is InChI=1S/C9H12ClNO4/c1-13-9-7(6(10)8(12)15-9)11-2-4-14-5-3-11/h9H,2-5H2,1H3/t9-/m1/s1. The minimum absolute atomic E-state index is 0.115. The highest BCUT2D eigenvalue weighted by molar-refractivity contribution is 6.42. The van der Waals surface area contributed by atoms with Crippen LogP contribution in [0.2, 0.25) is 0 Å². The van der Waals surface area contributed by atoms with E-state index < -0.39 is 12.3 Å². The summed E-state index contributed by atoms with van der Waals surface area (Å²) >= 11 is 5.88. The Bertz CT molecular complexity index is 298. The number of esters is 1. The minimum Gasteiger partial charge on any atom is -0.425 e. The molecule has 0 radical (unpaired) electrons. The first-order valence-corrected chi connectivity index (χ1v) is 5.08. The van der Waals surface area contributed by atoms with Gasteiger partial charge >= 0.3 is 5.97 Å². The Kier molecular flexibility index (Phi) is 3.14. The maximum absolute atomic E-state index is 11.2. The quantitative estimate of drug-likeness (QED) is 0.642. The maximum Gasteiger partial charge on any atom is 0.354 e. The van der Waals surface area contributed by atoms with Crippen LogP contribution in [0.4, 0.5) is 0 Å². The van der Waals surface area contributed by atoms with Crippen LogP contribution in [0.25, 0.3) is 0 Å². The Morgan fingerprint density at radius 2 is 2.13 bits per heavy atom. The fourth-order valence-electron chi connectivity index (χ4n) is 1.66. The molecule has 5 nitrogen and oxygen atoms in total. The van der Waals surface area contributed by atoms with Crippen molar-refractivity contribution in [2.24, 2.45) is 0 Å². The number of hydrogen-bond donors (Lipinski definition) is 0. The summed E-state index contributed by atoms with van der Waals surface area (Å²) in [6.07, 6.45) is -0.678.